The number of sulfonamides is 1. The van der Waals surface area contributed by atoms with E-state index in [0.717, 1.165) is 40.2 Å². The summed E-state index contributed by atoms with van der Waals surface area (Å²) in [6, 6.07) is 12.5. The molecule has 0 bridgehead atoms. The Morgan fingerprint density at radius 2 is 1.71 bits per heavy atom. The zero-order chi connectivity index (χ0) is 47.3. The van der Waals surface area contributed by atoms with Crippen LogP contribution in [0.25, 0.3) is 32.9 Å². The molecule has 354 valence electrons. The van der Waals surface area contributed by atoms with Crippen molar-refractivity contribution >= 4 is 56.2 Å². The molecular weight excluding hydrogens is 879 g/mol. The Bertz CT molecular complexity index is 2640. The van der Waals surface area contributed by atoms with E-state index in [0.29, 0.717) is 43.6 Å². The van der Waals surface area contributed by atoms with Crippen LogP contribution in [0.4, 0.5) is 4.79 Å². The molecule has 66 heavy (non-hydrogen) atoms. The van der Waals surface area contributed by atoms with Gasteiger partial charge in [-0.2, -0.15) is 4.98 Å². The van der Waals surface area contributed by atoms with Crippen molar-refractivity contribution in [2.45, 2.75) is 159 Å². The van der Waals surface area contributed by atoms with Crippen LogP contribution in [-0.2, 0) is 34.6 Å². The molecule has 0 spiro atoms. The van der Waals surface area contributed by atoms with E-state index in [4.69, 9.17) is 19.4 Å². The van der Waals surface area contributed by atoms with Gasteiger partial charge in [0.1, 0.15) is 39.9 Å². The predicted molar refractivity (Wildman–Crippen MR) is 254 cm³/mol. The van der Waals surface area contributed by atoms with Crippen LogP contribution >= 0.6 is 11.3 Å². The molecule has 8 rings (SSSR count). The van der Waals surface area contributed by atoms with Crippen molar-refractivity contribution in [3.8, 4) is 27.8 Å². The van der Waals surface area contributed by atoms with E-state index >= 15 is 0 Å². The number of para-hydroxylation sites is 1. The number of amides is 4. The third kappa shape index (κ3) is 10.2. The number of nitrogens with one attached hydrogen (secondary N) is 3. The van der Waals surface area contributed by atoms with Crippen LogP contribution < -0.4 is 20.1 Å². The number of fused-ring (bicyclic) bond motifs is 3. The molecule has 4 amide bonds. The quantitative estimate of drug-likeness (QED) is 0.139. The smallest absolute Gasteiger partial charge is 0.408 e. The highest BCUT2D eigenvalue weighted by Crippen LogP contribution is 2.46. The number of rotatable bonds is 9. The summed E-state index contributed by atoms with van der Waals surface area (Å²) in [4.78, 5) is 68.1. The number of carbonyl (C=O) groups excluding carboxylic acids is 4. The summed E-state index contributed by atoms with van der Waals surface area (Å²) >= 11 is 1.53. The maximum absolute atomic E-state index is 14.8. The summed E-state index contributed by atoms with van der Waals surface area (Å²) in [6.07, 6.45) is 6.67. The summed E-state index contributed by atoms with van der Waals surface area (Å²) in [7, 11) is -3.92. The van der Waals surface area contributed by atoms with Gasteiger partial charge in [0.05, 0.1) is 23.0 Å². The molecule has 4 aliphatic rings. The Morgan fingerprint density at radius 3 is 2.39 bits per heavy atom. The minimum atomic E-state index is -3.92. The second kappa shape index (κ2) is 18.1. The molecule has 1 saturated heterocycles. The average Bonchev–Trinajstić information content (AvgIpc) is 4.05. The number of hydrogen-bond acceptors (Lipinski definition) is 11. The number of carbonyl (C=O) groups is 4. The zero-order valence-electron chi connectivity index (χ0n) is 39.2. The molecule has 4 heterocycles. The Labute approximate surface area is 391 Å². The van der Waals surface area contributed by atoms with Crippen LogP contribution in [0.5, 0.6) is 6.01 Å². The van der Waals surface area contributed by atoms with E-state index in [9.17, 15) is 27.6 Å². The summed E-state index contributed by atoms with van der Waals surface area (Å²) in [5.41, 5.74) is 3.16. The summed E-state index contributed by atoms with van der Waals surface area (Å²) in [5.74, 6) is -2.35. The first-order valence-electron chi connectivity index (χ1n) is 23.2. The van der Waals surface area contributed by atoms with Gasteiger partial charge in [-0.05, 0) is 96.3 Å². The van der Waals surface area contributed by atoms with Gasteiger partial charge < -0.3 is 25.0 Å². The topological polar surface area (TPSA) is 191 Å². The van der Waals surface area contributed by atoms with Gasteiger partial charge in [0, 0.05) is 34.9 Å². The molecule has 2 aliphatic carbocycles. The molecule has 4 aromatic rings. The number of benzene rings is 2. The number of alkyl carbamates (subject to hydrolysis) is 1. The monoisotopic (exact) mass is 941 g/mol. The van der Waals surface area contributed by atoms with Gasteiger partial charge in [0.2, 0.25) is 21.8 Å². The Kier molecular flexibility index (Phi) is 12.9. The maximum atomic E-state index is 14.8. The lowest BCUT2D eigenvalue weighted by atomic mass is 9.86. The molecule has 5 atom stereocenters. The van der Waals surface area contributed by atoms with Crippen molar-refractivity contribution < 1.29 is 37.1 Å². The fourth-order valence-corrected chi connectivity index (χ4v) is 11.2. The SMILES string of the molecule is CC(C)n1c(OC2CC3C(=O)NC4(C(=O)NS(=O)(=O)C5CC5)CC4C=CCCCCCC(NC(=O)OC(C)(C)C)C(=O)N3C2)nc2c(-c3nc(-c4ccc(C(C)(C)C)cc4)cs3)cccc21. The number of nitrogens with zero attached hydrogens (tertiary/aromatic N) is 4. The number of hydrogen-bond donors (Lipinski definition) is 3. The minimum Gasteiger partial charge on any atom is -0.459 e. The van der Waals surface area contributed by atoms with Crippen molar-refractivity contribution in [2.24, 2.45) is 5.92 Å². The lowest BCUT2D eigenvalue weighted by molar-refractivity contribution is -0.141. The van der Waals surface area contributed by atoms with Crippen LogP contribution in [0, 0.1) is 5.92 Å². The summed E-state index contributed by atoms with van der Waals surface area (Å²) < 4.78 is 42.6. The van der Waals surface area contributed by atoms with E-state index in [1.54, 1.807) is 20.8 Å². The van der Waals surface area contributed by atoms with Gasteiger partial charge in [0.15, 0.2) is 0 Å². The van der Waals surface area contributed by atoms with E-state index in [1.807, 2.05) is 54.1 Å². The molecule has 5 unspecified atom stereocenters. The van der Waals surface area contributed by atoms with Gasteiger partial charge in [-0.1, -0.05) is 76.1 Å². The maximum Gasteiger partial charge on any atom is 0.408 e. The highest BCUT2D eigenvalue weighted by atomic mass is 32.2. The number of imidazole rings is 1. The lowest BCUT2D eigenvalue weighted by Gasteiger charge is -2.30. The third-order valence-electron chi connectivity index (χ3n) is 12.8. The van der Waals surface area contributed by atoms with Gasteiger partial charge >= 0.3 is 6.09 Å². The molecule has 3 fully saturated rings. The van der Waals surface area contributed by atoms with Crippen molar-refractivity contribution in [1.82, 2.24) is 34.8 Å². The van der Waals surface area contributed by atoms with E-state index in [1.165, 1.54) is 21.8 Å². The lowest BCUT2D eigenvalue weighted by Crippen LogP contribution is -2.58. The summed E-state index contributed by atoms with van der Waals surface area (Å²) in [6.45, 7) is 15.8. The normalized spacial score (nSPS) is 24.2. The molecule has 2 saturated carbocycles. The van der Waals surface area contributed by atoms with Gasteiger partial charge in [-0.15, -0.1) is 11.3 Å². The average molecular weight is 942 g/mol. The van der Waals surface area contributed by atoms with Crippen LogP contribution in [-0.4, -0.2) is 92.8 Å². The Hall–Kier alpha value is -5.29. The number of allylic oxidation sites excluding steroid dienone is 1. The second-order valence-corrected chi connectivity index (χ2v) is 23.4. The Balaban J connectivity index is 1.11. The van der Waals surface area contributed by atoms with Crippen molar-refractivity contribution in [3.63, 3.8) is 0 Å². The highest BCUT2D eigenvalue weighted by molar-refractivity contribution is 7.91. The van der Waals surface area contributed by atoms with Crippen molar-refractivity contribution in [2.75, 3.05) is 6.54 Å². The molecule has 17 heteroatoms. The van der Waals surface area contributed by atoms with Gasteiger partial charge in [-0.25, -0.2) is 18.2 Å². The van der Waals surface area contributed by atoms with Crippen LogP contribution in [0.2, 0.25) is 0 Å². The first kappa shape index (κ1) is 47.2. The third-order valence-corrected chi connectivity index (χ3v) is 15.5. The van der Waals surface area contributed by atoms with Crippen molar-refractivity contribution in [1.29, 1.82) is 0 Å². The molecule has 0 radical (unpaired) electrons. The predicted octanol–water partition coefficient (Wildman–Crippen LogP) is 7.95. The van der Waals surface area contributed by atoms with Crippen LogP contribution in [0.3, 0.4) is 0 Å². The van der Waals surface area contributed by atoms with Gasteiger partial charge in [-0.3, -0.25) is 23.7 Å². The summed E-state index contributed by atoms with van der Waals surface area (Å²) in [5, 5.41) is 7.92. The van der Waals surface area contributed by atoms with Crippen molar-refractivity contribution in [3.05, 3.63) is 65.6 Å². The molecule has 2 aliphatic heterocycles. The fraction of sp³-hybridized carbons (Fsp3) is 0.551. The van der Waals surface area contributed by atoms with E-state index < -0.39 is 74.3 Å². The molecular formula is C49H63N7O8S2. The minimum absolute atomic E-state index is 0.0278. The standard InChI is InChI=1S/C49H63N7O8S2/c1-29(2)56-38-18-14-16-35(42-50-37(28-65-42)30-19-21-31(22-20-30)47(3,4)5)40(38)52-45(56)63-33-25-39-41(57)53-49(44(59)54-66(61,62)34-23-24-34)26-32(49)15-12-10-9-11-13-17-36(43(58)55(39)27-33)51-46(60)64-48(6,7)8/h12,14-16,18-22,28-29,32-34,36,39H,9-11,13,17,23-27H2,1-8H3,(H,51,60)(H,53,57)(H,54,59). The zero-order valence-corrected chi connectivity index (χ0v) is 40.8. The molecule has 2 aromatic heterocycles. The largest absolute Gasteiger partial charge is 0.459 e. The number of thiazole rings is 1. The number of aromatic nitrogens is 3. The van der Waals surface area contributed by atoms with E-state index in [2.05, 4.69) is 60.4 Å². The van der Waals surface area contributed by atoms with Crippen LogP contribution in [0.1, 0.15) is 125 Å². The molecule has 2 aromatic carbocycles. The van der Waals surface area contributed by atoms with Crippen LogP contribution in [0.15, 0.2) is 60.0 Å². The molecule has 3 N–H and O–H groups in total. The second-order valence-electron chi connectivity index (χ2n) is 20.6. The fourth-order valence-electron chi connectivity index (χ4n) is 8.97. The van der Waals surface area contributed by atoms with Gasteiger partial charge in [0.25, 0.3) is 11.9 Å². The first-order valence-corrected chi connectivity index (χ1v) is 25.7. The highest BCUT2D eigenvalue weighted by Gasteiger charge is 2.62. The first-order chi connectivity index (χ1) is 31.1. The Morgan fingerprint density at radius 1 is 0.970 bits per heavy atom. The molecule has 15 nitrogen and oxygen atoms in total. The number of ether oxygens (including phenoxy) is 2. The van der Waals surface area contributed by atoms with E-state index in [-0.39, 0.29) is 30.8 Å².